The van der Waals surface area contributed by atoms with Gasteiger partial charge in [-0.25, -0.2) is 4.98 Å². The molecular weight excluding hydrogens is 228 g/mol. The summed E-state index contributed by atoms with van der Waals surface area (Å²) in [4.78, 5) is 14.3. The van der Waals surface area contributed by atoms with Crippen LogP contribution in [0.1, 0.15) is 32.6 Å². The summed E-state index contributed by atoms with van der Waals surface area (Å²) in [5, 5.41) is 8.47. The highest BCUT2D eigenvalue weighted by Crippen LogP contribution is 2.11. The molecule has 92 valence electrons. The lowest BCUT2D eigenvalue weighted by atomic mass is 10.0. The van der Waals surface area contributed by atoms with Crippen LogP contribution in [0.25, 0.3) is 0 Å². The average Bonchev–Trinajstić information content (AvgIpc) is 2.64. The first kappa shape index (κ1) is 15.0. The number of nitrogens with zero attached hydrogens (tertiary/aromatic N) is 2. The Hall–Kier alpha value is -1.03. The molecule has 1 N–H and O–H groups in total. The van der Waals surface area contributed by atoms with E-state index in [-0.39, 0.29) is 18.8 Å². The SMILES string of the molecule is C[C@H](CCCCC(=O)O)Cn1ccnc1.Cl. The van der Waals surface area contributed by atoms with Crippen molar-refractivity contribution in [2.24, 2.45) is 5.92 Å². The molecule has 1 aromatic rings. The van der Waals surface area contributed by atoms with Crippen LogP contribution in [0.15, 0.2) is 18.7 Å². The van der Waals surface area contributed by atoms with Crippen molar-refractivity contribution in [3.63, 3.8) is 0 Å². The number of rotatable bonds is 7. The van der Waals surface area contributed by atoms with E-state index in [1.165, 1.54) is 0 Å². The topological polar surface area (TPSA) is 55.1 Å². The smallest absolute Gasteiger partial charge is 0.303 e. The molecule has 0 unspecified atom stereocenters. The highest BCUT2D eigenvalue weighted by Gasteiger charge is 2.03. The Morgan fingerprint density at radius 2 is 2.25 bits per heavy atom. The van der Waals surface area contributed by atoms with Crippen molar-refractivity contribution in [2.75, 3.05) is 0 Å². The van der Waals surface area contributed by atoms with Crippen LogP contribution in [0.4, 0.5) is 0 Å². The van der Waals surface area contributed by atoms with Gasteiger partial charge in [0.2, 0.25) is 0 Å². The molecule has 0 aromatic carbocycles. The summed E-state index contributed by atoms with van der Waals surface area (Å²) in [6.07, 6.45) is 8.67. The molecule has 1 rings (SSSR count). The zero-order valence-electron chi connectivity index (χ0n) is 9.50. The number of carbonyl (C=O) groups is 1. The lowest BCUT2D eigenvalue weighted by Gasteiger charge is -2.11. The van der Waals surface area contributed by atoms with E-state index in [4.69, 9.17) is 5.11 Å². The highest BCUT2D eigenvalue weighted by atomic mass is 35.5. The Morgan fingerprint density at radius 1 is 1.50 bits per heavy atom. The Morgan fingerprint density at radius 3 is 2.81 bits per heavy atom. The number of aliphatic carboxylic acids is 1. The molecule has 0 spiro atoms. The van der Waals surface area contributed by atoms with E-state index >= 15 is 0 Å². The molecule has 0 aliphatic heterocycles. The van der Waals surface area contributed by atoms with Crippen molar-refractivity contribution in [3.8, 4) is 0 Å². The number of hydrogen-bond donors (Lipinski definition) is 1. The maximum atomic E-state index is 10.3. The quantitative estimate of drug-likeness (QED) is 0.753. The van der Waals surface area contributed by atoms with Gasteiger partial charge in [0.1, 0.15) is 0 Å². The lowest BCUT2D eigenvalue weighted by molar-refractivity contribution is -0.137. The van der Waals surface area contributed by atoms with Crippen LogP contribution in [0.2, 0.25) is 0 Å². The van der Waals surface area contributed by atoms with Crippen molar-refractivity contribution in [3.05, 3.63) is 18.7 Å². The number of carboxylic acids is 1. The molecule has 0 saturated carbocycles. The van der Waals surface area contributed by atoms with Gasteiger partial charge in [-0.15, -0.1) is 12.4 Å². The van der Waals surface area contributed by atoms with Crippen LogP contribution in [0.5, 0.6) is 0 Å². The van der Waals surface area contributed by atoms with Crippen LogP contribution < -0.4 is 0 Å². The Kier molecular flexibility index (Phi) is 7.64. The van der Waals surface area contributed by atoms with Gasteiger partial charge in [-0.05, 0) is 18.8 Å². The molecule has 1 aromatic heterocycles. The second kappa shape index (κ2) is 8.16. The van der Waals surface area contributed by atoms with E-state index in [0.29, 0.717) is 5.92 Å². The van der Waals surface area contributed by atoms with Crippen molar-refractivity contribution >= 4 is 18.4 Å². The third-order valence-electron chi connectivity index (χ3n) is 2.42. The first-order valence-electron chi connectivity index (χ1n) is 5.36. The number of halogens is 1. The fraction of sp³-hybridized carbons (Fsp3) is 0.636. The zero-order chi connectivity index (χ0) is 11.1. The molecule has 1 atom stereocenters. The second-order valence-corrected chi connectivity index (χ2v) is 4.00. The van der Waals surface area contributed by atoms with E-state index < -0.39 is 5.97 Å². The molecule has 1 heterocycles. The number of aromatic nitrogens is 2. The molecule has 0 amide bonds. The normalized spacial score (nSPS) is 11.8. The number of hydrogen-bond acceptors (Lipinski definition) is 2. The summed E-state index contributed by atoms with van der Waals surface area (Å²) in [6.45, 7) is 3.15. The van der Waals surface area contributed by atoms with Gasteiger partial charge in [0.25, 0.3) is 0 Å². The number of unbranched alkanes of at least 4 members (excludes halogenated alkanes) is 1. The standard InChI is InChI=1S/C11H18N2O2.ClH/c1-10(4-2-3-5-11(14)15)8-13-7-6-12-9-13;/h6-7,9-10H,2-5,8H2,1H3,(H,14,15);1H/t10-;/m1./s1. The predicted molar refractivity (Wildman–Crippen MR) is 64.7 cm³/mol. The molecule has 4 nitrogen and oxygen atoms in total. The summed E-state index contributed by atoms with van der Waals surface area (Å²) in [6, 6.07) is 0. The molecule has 0 fully saturated rings. The van der Waals surface area contributed by atoms with E-state index in [2.05, 4.69) is 16.5 Å². The summed E-state index contributed by atoms with van der Waals surface area (Å²) in [5.74, 6) is -0.120. The van der Waals surface area contributed by atoms with E-state index in [1.807, 2.05) is 12.5 Å². The Bertz CT molecular complexity index is 288. The summed E-state index contributed by atoms with van der Waals surface area (Å²) < 4.78 is 2.06. The third kappa shape index (κ3) is 6.45. The molecule has 0 bridgehead atoms. The van der Waals surface area contributed by atoms with E-state index in [9.17, 15) is 4.79 Å². The largest absolute Gasteiger partial charge is 0.481 e. The maximum absolute atomic E-state index is 10.3. The first-order chi connectivity index (χ1) is 7.18. The highest BCUT2D eigenvalue weighted by molar-refractivity contribution is 5.85. The van der Waals surface area contributed by atoms with Crippen molar-refractivity contribution in [1.82, 2.24) is 9.55 Å². The van der Waals surface area contributed by atoms with Crippen LogP contribution in [-0.2, 0) is 11.3 Å². The van der Waals surface area contributed by atoms with Gasteiger partial charge in [0, 0.05) is 25.4 Å². The van der Waals surface area contributed by atoms with Crippen LogP contribution in [0.3, 0.4) is 0 Å². The fourth-order valence-electron chi connectivity index (χ4n) is 1.61. The molecule has 0 radical (unpaired) electrons. The van der Waals surface area contributed by atoms with Gasteiger partial charge in [0.15, 0.2) is 0 Å². The Labute approximate surface area is 102 Å². The summed E-state index contributed by atoms with van der Waals surface area (Å²) >= 11 is 0. The van der Waals surface area contributed by atoms with Crippen LogP contribution >= 0.6 is 12.4 Å². The maximum Gasteiger partial charge on any atom is 0.303 e. The van der Waals surface area contributed by atoms with Crippen LogP contribution in [-0.4, -0.2) is 20.6 Å². The monoisotopic (exact) mass is 246 g/mol. The second-order valence-electron chi connectivity index (χ2n) is 4.00. The van der Waals surface area contributed by atoms with Crippen molar-refractivity contribution in [2.45, 2.75) is 39.2 Å². The average molecular weight is 247 g/mol. The first-order valence-corrected chi connectivity index (χ1v) is 5.36. The minimum absolute atomic E-state index is 0. The molecule has 0 aliphatic rings. The van der Waals surface area contributed by atoms with Crippen molar-refractivity contribution < 1.29 is 9.90 Å². The minimum atomic E-state index is -0.697. The molecule has 5 heteroatoms. The number of imidazole rings is 1. The third-order valence-corrected chi connectivity index (χ3v) is 2.42. The minimum Gasteiger partial charge on any atom is -0.481 e. The number of carboxylic acid groups (broad SMARTS) is 1. The van der Waals surface area contributed by atoms with Gasteiger partial charge < -0.3 is 9.67 Å². The molecule has 0 aliphatic carbocycles. The van der Waals surface area contributed by atoms with Crippen molar-refractivity contribution in [1.29, 1.82) is 0 Å². The van der Waals surface area contributed by atoms with Crippen LogP contribution in [0, 0.1) is 5.92 Å². The fourth-order valence-corrected chi connectivity index (χ4v) is 1.61. The van der Waals surface area contributed by atoms with Gasteiger partial charge in [0.05, 0.1) is 6.33 Å². The molecular formula is C11H19ClN2O2. The zero-order valence-corrected chi connectivity index (χ0v) is 10.3. The molecule has 16 heavy (non-hydrogen) atoms. The summed E-state index contributed by atoms with van der Waals surface area (Å²) in [7, 11) is 0. The van der Waals surface area contributed by atoms with Gasteiger partial charge in [-0.2, -0.15) is 0 Å². The predicted octanol–water partition coefficient (Wildman–Crippen LogP) is 2.59. The van der Waals surface area contributed by atoms with Gasteiger partial charge in [-0.3, -0.25) is 4.79 Å². The lowest BCUT2D eigenvalue weighted by Crippen LogP contribution is -2.06. The summed E-state index contributed by atoms with van der Waals surface area (Å²) in [5.41, 5.74) is 0. The van der Waals surface area contributed by atoms with Gasteiger partial charge >= 0.3 is 5.97 Å². The molecule has 0 saturated heterocycles. The van der Waals surface area contributed by atoms with Gasteiger partial charge in [-0.1, -0.05) is 13.3 Å². The van der Waals surface area contributed by atoms with E-state index in [0.717, 1.165) is 25.8 Å². The Balaban J connectivity index is 0.00000225. The van der Waals surface area contributed by atoms with E-state index in [1.54, 1.807) is 6.20 Å².